The lowest BCUT2D eigenvalue weighted by Crippen LogP contribution is -2.45. The first-order valence-corrected chi connectivity index (χ1v) is 7.60. The van der Waals surface area contributed by atoms with Crippen LogP contribution in [0.5, 0.6) is 0 Å². The zero-order valence-corrected chi connectivity index (χ0v) is 11.7. The summed E-state index contributed by atoms with van der Waals surface area (Å²) in [4.78, 5) is 12.5. The Morgan fingerprint density at radius 2 is 2.10 bits per heavy atom. The van der Waals surface area contributed by atoms with E-state index >= 15 is 0 Å². The normalized spacial score (nSPS) is 25.4. The number of anilines is 1. The molecule has 4 nitrogen and oxygen atoms in total. The third-order valence-electron chi connectivity index (χ3n) is 4.37. The van der Waals surface area contributed by atoms with Crippen LogP contribution in [0, 0.1) is 0 Å². The van der Waals surface area contributed by atoms with Gasteiger partial charge >= 0.3 is 0 Å². The molecule has 0 radical (unpaired) electrons. The van der Waals surface area contributed by atoms with Gasteiger partial charge in [0.2, 0.25) is 0 Å². The maximum absolute atomic E-state index is 12.5. The predicted octanol–water partition coefficient (Wildman–Crippen LogP) is 2.08. The van der Waals surface area contributed by atoms with Crippen molar-refractivity contribution in [1.29, 1.82) is 0 Å². The Kier molecular flexibility index (Phi) is 3.92. The van der Waals surface area contributed by atoms with Gasteiger partial charge in [-0.25, -0.2) is 0 Å². The molecule has 1 aliphatic heterocycles. The number of aliphatic hydroxyl groups is 1. The second kappa shape index (κ2) is 5.83. The number of aryl methyl sites for hydroxylation is 1. The summed E-state index contributed by atoms with van der Waals surface area (Å²) in [6, 6.07) is 5.78. The van der Waals surface area contributed by atoms with Crippen molar-refractivity contribution in [1.82, 2.24) is 5.32 Å². The Morgan fingerprint density at radius 1 is 1.25 bits per heavy atom. The first-order valence-electron chi connectivity index (χ1n) is 7.60. The minimum absolute atomic E-state index is 0.0674. The van der Waals surface area contributed by atoms with Gasteiger partial charge in [0.15, 0.2) is 0 Å². The molecule has 1 fully saturated rings. The van der Waals surface area contributed by atoms with Crippen molar-refractivity contribution in [2.75, 3.05) is 11.9 Å². The average Bonchev–Trinajstić information content (AvgIpc) is 2.49. The molecule has 3 N–H and O–H groups in total. The van der Waals surface area contributed by atoms with Crippen LogP contribution < -0.4 is 10.6 Å². The van der Waals surface area contributed by atoms with E-state index < -0.39 is 6.10 Å². The van der Waals surface area contributed by atoms with Gasteiger partial charge in [-0.1, -0.05) is 25.0 Å². The van der Waals surface area contributed by atoms with Crippen LogP contribution in [0.15, 0.2) is 18.2 Å². The fourth-order valence-electron chi connectivity index (χ4n) is 3.22. The molecule has 4 heteroatoms. The van der Waals surface area contributed by atoms with Crippen LogP contribution in [-0.4, -0.2) is 29.7 Å². The van der Waals surface area contributed by atoms with Crippen LogP contribution >= 0.6 is 0 Å². The Morgan fingerprint density at radius 3 is 2.95 bits per heavy atom. The van der Waals surface area contributed by atoms with Crippen LogP contribution in [0.4, 0.5) is 5.69 Å². The predicted molar refractivity (Wildman–Crippen MR) is 79.0 cm³/mol. The van der Waals surface area contributed by atoms with Crippen molar-refractivity contribution < 1.29 is 9.90 Å². The van der Waals surface area contributed by atoms with Gasteiger partial charge in [0.25, 0.3) is 5.91 Å². The molecule has 1 heterocycles. The van der Waals surface area contributed by atoms with Crippen LogP contribution in [0.25, 0.3) is 0 Å². The van der Waals surface area contributed by atoms with Crippen LogP contribution in [-0.2, 0) is 6.42 Å². The van der Waals surface area contributed by atoms with Crippen molar-refractivity contribution in [2.45, 2.75) is 50.7 Å². The van der Waals surface area contributed by atoms with E-state index in [2.05, 4.69) is 16.7 Å². The molecule has 0 saturated heterocycles. The number of rotatable bonds is 2. The van der Waals surface area contributed by atoms with Crippen LogP contribution in [0.2, 0.25) is 0 Å². The Bertz CT molecular complexity index is 501. The van der Waals surface area contributed by atoms with Crippen molar-refractivity contribution in [3.63, 3.8) is 0 Å². The molecule has 0 bridgehead atoms. The van der Waals surface area contributed by atoms with E-state index in [4.69, 9.17) is 0 Å². The quantitative estimate of drug-likeness (QED) is 0.774. The second-order valence-electron chi connectivity index (χ2n) is 5.80. The third-order valence-corrected chi connectivity index (χ3v) is 4.37. The number of fused-ring (bicyclic) bond motifs is 1. The molecule has 0 spiro atoms. The highest BCUT2D eigenvalue weighted by Crippen LogP contribution is 2.26. The van der Waals surface area contributed by atoms with E-state index in [1.54, 1.807) is 0 Å². The van der Waals surface area contributed by atoms with E-state index in [1.165, 1.54) is 5.56 Å². The molecule has 1 aromatic rings. The average molecular weight is 274 g/mol. The molecular formula is C16H22N2O2. The zero-order chi connectivity index (χ0) is 13.9. The number of carbonyl (C=O) groups excluding carboxylic acids is 1. The zero-order valence-electron chi connectivity index (χ0n) is 11.7. The van der Waals surface area contributed by atoms with Crippen molar-refractivity contribution in [3.8, 4) is 0 Å². The number of carbonyl (C=O) groups is 1. The number of benzene rings is 1. The number of para-hydroxylation sites is 1. The first-order chi connectivity index (χ1) is 9.75. The summed E-state index contributed by atoms with van der Waals surface area (Å²) in [6.45, 7) is 0.920. The topological polar surface area (TPSA) is 61.4 Å². The fourth-order valence-corrected chi connectivity index (χ4v) is 3.22. The summed E-state index contributed by atoms with van der Waals surface area (Å²) < 4.78 is 0. The summed E-state index contributed by atoms with van der Waals surface area (Å²) in [7, 11) is 0. The highest BCUT2D eigenvalue weighted by molar-refractivity contribution is 6.00. The standard InChI is InChI=1S/C16H22N2O2/c19-14-9-2-1-8-13(14)18-16(20)12-7-3-5-11-6-4-10-17-15(11)12/h3,5,7,13-14,17,19H,1-2,4,6,8-10H2,(H,18,20). The number of aliphatic hydroxyl groups excluding tert-OH is 1. The van der Waals surface area contributed by atoms with Gasteiger partial charge in [0.05, 0.1) is 23.4 Å². The van der Waals surface area contributed by atoms with Gasteiger partial charge < -0.3 is 15.7 Å². The molecule has 2 aliphatic rings. The lowest BCUT2D eigenvalue weighted by Gasteiger charge is -2.29. The van der Waals surface area contributed by atoms with Crippen molar-refractivity contribution in [2.24, 2.45) is 0 Å². The van der Waals surface area contributed by atoms with Crippen LogP contribution in [0.3, 0.4) is 0 Å². The fraction of sp³-hybridized carbons (Fsp3) is 0.562. The van der Waals surface area contributed by atoms with Gasteiger partial charge in [0.1, 0.15) is 0 Å². The first kappa shape index (κ1) is 13.4. The van der Waals surface area contributed by atoms with E-state index in [1.807, 2.05) is 12.1 Å². The summed E-state index contributed by atoms with van der Waals surface area (Å²) in [5, 5.41) is 16.3. The summed E-state index contributed by atoms with van der Waals surface area (Å²) in [5.41, 5.74) is 2.90. The Hall–Kier alpha value is -1.55. The van der Waals surface area contributed by atoms with Gasteiger partial charge in [-0.3, -0.25) is 4.79 Å². The molecule has 20 heavy (non-hydrogen) atoms. The smallest absolute Gasteiger partial charge is 0.253 e. The molecule has 1 saturated carbocycles. The van der Waals surface area contributed by atoms with Crippen LogP contribution in [0.1, 0.15) is 48.0 Å². The number of nitrogens with one attached hydrogen (secondary N) is 2. The monoisotopic (exact) mass is 274 g/mol. The summed E-state index contributed by atoms with van der Waals surface area (Å²) >= 11 is 0. The summed E-state index contributed by atoms with van der Waals surface area (Å²) in [5.74, 6) is -0.0674. The molecular weight excluding hydrogens is 252 g/mol. The molecule has 1 aliphatic carbocycles. The molecule has 0 aromatic heterocycles. The highest BCUT2D eigenvalue weighted by Gasteiger charge is 2.26. The molecule has 1 amide bonds. The van der Waals surface area contributed by atoms with Gasteiger partial charge in [-0.2, -0.15) is 0 Å². The van der Waals surface area contributed by atoms with Gasteiger partial charge in [0, 0.05) is 6.54 Å². The molecule has 108 valence electrons. The summed E-state index contributed by atoms with van der Waals surface area (Å²) in [6.07, 6.45) is 5.52. The molecule has 2 atom stereocenters. The highest BCUT2D eigenvalue weighted by atomic mass is 16.3. The molecule has 2 unspecified atom stereocenters. The Labute approximate surface area is 119 Å². The number of hydrogen-bond donors (Lipinski definition) is 3. The maximum Gasteiger partial charge on any atom is 0.253 e. The number of amides is 1. The minimum Gasteiger partial charge on any atom is -0.391 e. The van der Waals surface area contributed by atoms with E-state index in [-0.39, 0.29) is 11.9 Å². The largest absolute Gasteiger partial charge is 0.391 e. The van der Waals surface area contributed by atoms with Gasteiger partial charge in [-0.15, -0.1) is 0 Å². The Balaban J connectivity index is 1.77. The lowest BCUT2D eigenvalue weighted by atomic mass is 9.92. The molecule has 3 rings (SSSR count). The maximum atomic E-state index is 12.5. The number of hydrogen-bond acceptors (Lipinski definition) is 3. The third kappa shape index (κ3) is 2.66. The SMILES string of the molecule is O=C(NC1CCCCC1O)c1cccc2c1NCCC2. The van der Waals surface area contributed by atoms with Crippen molar-refractivity contribution in [3.05, 3.63) is 29.3 Å². The van der Waals surface area contributed by atoms with E-state index in [9.17, 15) is 9.90 Å². The van der Waals surface area contributed by atoms with E-state index in [0.29, 0.717) is 5.56 Å². The second-order valence-corrected chi connectivity index (χ2v) is 5.80. The lowest BCUT2D eigenvalue weighted by molar-refractivity contribution is 0.0717. The molecule has 1 aromatic carbocycles. The van der Waals surface area contributed by atoms with E-state index in [0.717, 1.165) is 50.8 Å². The van der Waals surface area contributed by atoms with Crippen molar-refractivity contribution >= 4 is 11.6 Å². The minimum atomic E-state index is -0.403. The van der Waals surface area contributed by atoms with Gasteiger partial charge in [-0.05, 0) is 37.3 Å².